The zero-order valence-corrected chi connectivity index (χ0v) is 20.3. The fraction of sp³-hybridized carbons (Fsp3) is 0.192. The van der Waals surface area contributed by atoms with Gasteiger partial charge in [-0.05, 0) is 37.1 Å². The number of nitrogens with zero attached hydrogens (tertiary/aromatic N) is 1. The fourth-order valence-corrected chi connectivity index (χ4v) is 4.83. The fourth-order valence-electron chi connectivity index (χ4n) is 3.73. The number of hydrogen-bond acceptors (Lipinski definition) is 8. The van der Waals surface area contributed by atoms with Gasteiger partial charge in [-0.3, -0.25) is 19.3 Å². The van der Waals surface area contributed by atoms with E-state index in [1.165, 1.54) is 12.1 Å². The normalized spacial score (nSPS) is 12.3. The minimum absolute atomic E-state index is 0.0178. The summed E-state index contributed by atoms with van der Waals surface area (Å²) in [6.07, 6.45) is 0. The largest absolute Gasteiger partial charge is 0.462 e. The number of nitrogens with one attached hydrogen (secondary N) is 1. The molecule has 184 valence electrons. The van der Waals surface area contributed by atoms with Crippen molar-refractivity contribution >= 4 is 46.0 Å². The van der Waals surface area contributed by atoms with Crippen LogP contribution in [0.4, 0.5) is 5.00 Å². The molecular formula is C26H22N2O7S. The maximum absolute atomic E-state index is 12.8. The summed E-state index contributed by atoms with van der Waals surface area (Å²) >= 11 is 0.863. The summed E-state index contributed by atoms with van der Waals surface area (Å²) in [5, 5.41) is 2.63. The summed E-state index contributed by atoms with van der Waals surface area (Å²) in [4.78, 5) is 64.4. The Morgan fingerprint density at radius 3 is 2.11 bits per heavy atom. The number of carbonyl (C=O) groups excluding carboxylic acids is 5. The van der Waals surface area contributed by atoms with E-state index in [0.717, 1.165) is 21.8 Å². The van der Waals surface area contributed by atoms with Crippen molar-refractivity contribution in [2.45, 2.75) is 20.5 Å². The van der Waals surface area contributed by atoms with Crippen molar-refractivity contribution in [3.05, 3.63) is 87.3 Å². The van der Waals surface area contributed by atoms with Gasteiger partial charge in [0.15, 0.2) is 0 Å². The molecule has 0 aliphatic carbocycles. The maximum Gasteiger partial charge on any atom is 0.349 e. The van der Waals surface area contributed by atoms with Gasteiger partial charge < -0.3 is 14.8 Å². The molecule has 2 heterocycles. The number of amides is 3. The standard InChI is InChI=1S/C26H22N2O7S/c1-3-34-25(32)20-15(2)21(26(33)35-14-16-9-5-4-6-10-16)36-22(20)27-19(29)13-28-23(30)17-11-7-8-12-18(17)24(28)31/h4-12H,3,13-14H2,1-2H3,(H,27,29). The predicted molar refractivity (Wildman–Crippen MR) is 131 cm³/mol. The zero-order valence-electron chi connectivity index (χ0n) is 19.5. The Morgan fingerprint density at radius 2 is 1.50 bits per heavy atom. The first-order valence-corrected chi connectivity index (χ1v) is 11.9. The van der Waals surface area contributed by atoms with E-state index in [-0.39, 0.29) is 39.8 Å². The van der Waals surface area contributed by atoms with E-state index in [2.05, 4.69) is 5.32 Å². The van der Waals surface area contributed by atoms with Crippen LogP contribution in [0.1, 0.15) is 58.8 Å². The van der Waals surface area contributed by atoms with Crippen LogP contribution >= 0.6 is 11.3 Å². The molecule has 0 radical (unpaired) electrons. The van der Waals surface area contributed by atoms with Crippen molar-refractivity contribution in [3.8, 4) is 0 Å². The molecule has 0 bridgehead atoms. The van der Waals surface area contributed by atoms with Crippen LogP contribution in [0.5, 0.6) is 0 Å². The maximum atomic E-state index is 12.8. The van der Waals surface area contributed by atoms with Gasteiger partial charge in [0.2, 0.25) is 5.91 Å². The lowest BCUT2D eigenvalue weighted by Gasteiger charge is -2.13. The van der Waals surface area contributed by atoms with Crippen LogP contribution < -0.4 is 5.32 Å². The summed E-state index contributed by atoms with van der Waals surface area (Å²) < 4.78 is 10.5. The highest BCUT2D eigenvalue weighted by molar-refractivity contribution is 7.18. The molecule has 1 aromatic heterocycles. The number of hydrogen-bond donors (Lipinski definition) is 1. The van der Waals surface area contributed by atoms with Crippen molar-refractivity contribution in [2.75, 3.05) is 18.5 Å². The van der Waals surface area contributed by atoms with Crippen molar-refractivity contribution in [1.82, 2.24) is 4.90 Å². The van der Waals surface area contributed by atoms with E-state index in [9.17, 15) is 24.0 Å². The van der Waals surface area contributed by atoms with Crippen LogP contribution in [0, 0.1) is 6.92 Å². The van der Waals surface area contributed by atoms with Crippen molar-refractivity contribution in [3.63, 3.8) is 0 Å². The number of imide groups is 1. The number of carbonyl (C=O) groups is 5. The third-order valence-corrected chi connectivity index (χ3v) is 6.64. The lowest BCUT2D eigenvalue weighted by Crippen LogP contribution is -2.37. The molecule has 0 spiro atoms. The van der Waals surface area contributed by atoms with E-state index in [1.54, 1.807) is 26.0 Å². The lowest BCUT2D eigenvalue weighted by molar-refractivity contribution is -0.116. The number of esters is 2. The smallest absolute Gasteiger partial charge is 0.349 e. The second-order valence-corrected chi connectivity index (χ2v) is 8.85. The van der Waals surface area contributed by atoms with Gasteiger partial charge in [0.1, 0.15) is 23.0 Å². The highest BCUT2D eigenvalue weighted by atomic mass is 32.1. The minimum Gasteiger partial charge on any atom is -0.462 e. The molecule has 0 unspecified atom stereocenters. The SMILES string of the molecule is CCOC(=O)c1c(NC(=O)CN2C(=O)c3ccccc3C2=O)sc(C(=O)OCc2ccccc2)c1C. The average molecular weight is 507 g/mol. The van der Waals surface area contributed by atoms with E-state index >= 15 is 0 Å². The van der Waals surface area contributed by atoms with Crippen LogP contribution in [0.2, 0.25) is 0 Å². The molecule has 0 saturated heterocycles. The number of benzene rings is 2. The first-order chi connectivity index (χ1) is 17.3. The minimum atomic E-state index is -0.718. The Labute approximate surface area is 210 Å². The van der Waals surface area contributed by atoms with E-state index < -0.39 is 36.2 Å². The van der Waals surface area contributed by atoms with E-state index in [1.807, 2.05) is 30.3 Å². The number of ether oxygens (including phenoxy) is 2. The van der Waals surface area contributed by atoms with E-state index in [0.29, 0.717) is 5.56 Å². The van der Waals surface area contributed by atoms with E-state index in [4.69, 9.17) is 9.47 Å². The summed E-state index contributed by atoms with van der Waals surface area (Å²) in [7, 11) is 0. The molecule has 4 rings (SSSR count). The Hall–Kier alpha value is -4.31. The van der Waals surface area contributed by atoms with Crippen LogP contribution in [-0.2, 0) is 20.9 Å². The molecule has 0 saturated carbocycles. The second kappa shape index (κ2) is 10.5. The van der Waals surface area contributed by atoms with Gasteiger partial charge in [0, 0.05) is 0 Å². The number of rotatable bonds is 8. The molecule has 3 aromatic rings. The van der Waals surface area contributed by atoms with Crippen molar-refractivity contribution in [1.29, 1.82) is 0 Å². The molecule has 0 fully saturated rings. The van der Waals surface area contributed by atoms with Gasteiger partial charge in [-0.15, -0.1) is 11.3 Å². The molecule has 0 atom stereocenters. The number of thiophene rings is 1. The van der Waals surface area contributed by atoms with Gasteiger partial charge in [-0.25, -0.2) is 9.59 Å². The first-order valence-electron chi connectivity index (χ1n) is 11.1. The molecule has 36 heavy (non-hydrogen) atoms. The topological polar surface area (TPSA) is 119 Å². The Balaban J connectivity index is 1.53. The average Bonchev–Trinajstić information content (AvgIpc) is 3.32. The molecule has 2 aromatic carbocycles. The Bertz CT molecular complexity index is 1330. The lowest BCUT2D eigenvalue weighted by atomic mass is 10.1. The first kappa shape index (κ1) is 24.8. The Morgan fingerprint density at radius 1 is 0.889 bits per heavy atom. The number of fused-ring (bicyclic) bond motifs is 1. The quantitative estimate of drug-likeness (QED) is 0.364. The predicted octanol–water partition coefficient (Wildman–Crippen LogP) is 3.82. The molecular weight excluding hydrogens is 484 g/mol. The van der Waals surface area contributed by atoms with Gasteiger partial charge in [-0.1, -0.05) is 42.5 Å². The molecule has 1 aliphatic heterocycles. The Kier molecular flexibility index (Phi) is 7.25. The second-order valence-electron chi connectivity index (χ2n) is 7.83. The summed E-state index contributed by atoms with van der Waals surface area (Å²) in [5.41, 5.74) is 1.55. The molecule has 9 nitrogen and oxygen atoms in total. The van der Waals surface area contributed by atoms with Crippen molar-refractivity contribution < 1.29 is 33.4 Å². The highest BCUT2D eigenvalue weighted by Gasteiger charge is 2.36. The van der Waals surface area contributed by atoms with Crippen molar-refractivity contribution in [2.24, 2.45) is 0 Å². The molecule has 10 heteroatoms. The highest BCUT2D eigenvalue weighted by Crippen LogP contribution is 2.34. The van der Waals surface area contributed by atoms with Gasteiger partial charge in [0.25, 0.3) is 11.8 Å². The van der Waals surface area contributed by atoms with Gasteiger partial charge in [0.05, 0.1) is 23.3 Å². The number of anilines is 1. The van der Waals surface area contributed by atoms with Gasteiger partial charge in [-0.2, -0.15) is 0 Å². The summed E-state index contributed by atoms with van der Waals surface area (Å²) in [6, 6.07) is 15.4. The third-order valence-electron chi connectivity index (χ3n) is 5.46. The van der Waals surface area contributed by atoms with Crippen LogP contribution in [0.15, 0.2) is 54.6 Å². The zero-order chi connectivity index (χ0) is 25.8. The monoisotopic (exact) mass is 506 g/mol. The third kappa shape index (κ3) is 4.89. The molecule has 1 aliphatic rings. The summed E-state index contributed by atoms with van der Waals surface area (Å²) in [5.74, 6) is -3.24. The van der Waals surface area contributed by atoms with Crippen LogP contribution in [0.25, 0.3) is 0 Å². The van der Waals surface area contributed by atoms with Gasteiger partial charge >= 0.3 is 11.9 Å². The summed E-state index contributed by atoms with van der Waals surface area (Å²) in [6.45, 7) is 2.76. The van der Waals surface area contributed by atoms with Crippen LogP contribution in [0.3, 0.4) is 0 Å². The molecule has 1 N–H and O–H groups in total. The molecule has 3 amide bonds. The van der Waals surface area contributed by atoms with Crippen LogP contribution in [-0.4, -0.2) is 47.7 Å².